The van der Waals surface area contributed by atoms with Crippen LogP contribution >= 0.6 is 11.3 Å². The number of nitrogens with zero attached hydrogens (tertiary/aromatic N) is 2. The van der Waals surface area contributed by atoms with Gasteiger partial charge < -0.3 is 10.2 Å². The van der Waals surface area contributed by atoms with Crippen molar-refractivity contribution in [3.8, 4) is 0 Å². The Morgan fingerprint density at radius 2 is 1.96 bits per heavy atom. The van der Waals surface area contributed by atoms with Gasteiger partial charge in [0.2, 0.25) is 5.91 Å². The highest BCUT2D eigenvalue weighted by atomic mass is 32.1. The summed E-state index contributed by atoms with van der Waals surface area (Å²) in [4.78, 5) is 42.0. The molecule has 6 nitrogen and oxygen atoms in total. The second-order valence-corrected chi connectivity index (χ2v) is 8.61. The summed E-state index contributed by atoms with van der Waals surface area (Å²) in [6.07, 6.45) is 4.36. The Labute approximate surface area is 158 Å². The SMILES string of the molecule is CC(C)[C@H](NC(=O)CN1C(=O)N(C)C2(CCCCC2)C1=O)c1cccs1. The minimum absolute atomic E-state index is 0.114. The number of hydrogen-bond acceptors (Lipinski definition) is 4. The summed E-state index contributed by atoms with van der Waals surface area (Å²) in [5.41, 5.74) is -0.735. The molecule has 1 saturated heterocycles. The molecule has 2 fully saturated rings. The molecule has 1 saturated carbocycles. The lowest BCUT2D eigenvalue weighted by Gasteiger charge is -2.35. The van der Waals surface area contributed by atoms with Gasteiger partial charge in [-0.25, -0.2) is 4.79 Å². The predicted octanol–water partition coefficient (Wildman–Crippen LogP) is 3.16. The van der Waals surface area contributed by atoms with Gasteiger partial charge in [0.05, 0.1) is 6.04 Å². The number of rotatable bonds is 5. The van der Waals surface area contributed by atoms with E-state index < -0.39 is 5.54 Å². The predicted molar refractivity (Wildman–Crippen MR) is 101 cm³/mol. The molecule has 2 aliphatic rings. The molecule has 1 atom stereocenters. The molecule has 3 rings (SSSR count). The average Bonchev–Trinajstić information content (AvgIpc) is 3.21. The fourth-order valence-electron chi connectivity index (χ4n) is 4.07. The first-order chi connectivity index (χ1) is 12.4. The molecule has 1 aliphatic heterocycles. The zero-order valence-corrected chi connectivity index (χ0v) is 16.5. The molecule has 0 radical (unpaired) electrons. The zero-order chi connectivity index (χ0) is 18.9. The van der Waals surface area contributed by atoms with Crippen LogP contribution in [-0.2, 0) is 9.59 Å². The Morgan fingerprint density at radius 1 is 1.27 bits per heavy atom. The molecule has 2 heterocycles. The van der Waals surface area contributed by atoms with Gasteiger partial charge in [0.15, 0.2) is 0 Å². The van der Waals surface area contributed by atoms with Gasteiger partial charge in [-0.15, -0.1) is 11.3 Å². The van der Waals surface area contributed by atoms with Crippen LogP contribution in [0.1, 0.15) is 56.9 Å². The van der Waals surface area contributed by atoms with E-state index >= 15 is 0 Å². The third kappa shape index (κ3) is 3.24. The molecule has 0 unspecified atom stereocenters. The van der Waals surface area contributed by atoms with Crippen LogP contribution in [-0.4, -0.2) is 46.8 Å². The van der Waals surface area contributed by atoms with Gasteiger partial charge in [-0.1, -0.05) is 39.2 Å². The largest absolute Gasteiger partial charge is 0.347 e. The number of imide groups is 1. The van der Waals surface area contributed by atoms with Crippen LogP contribution in [0.5, 0.6) is 0 Å². The Balaban J connectivity index is 1.71. The molecule has 0 aromatic carbocycles. The number of carbonyl (C=O) groups excluding carboxylic acids is 3. The normalized spacial score (nSPS) is 20.9. The van der Waals surface area contributed by atoms with E-state index in [0.29, 0.717) is 12.8 Å². The van der Waals surface area contributed by atoms with Gasteiger partial charge in [-0.3, -0.25) is 14.5 Å². The van der Waals surface area contributed by atoms with Gasteiger partial charge in [0, 0.05) is 11.9 Å². The lowest BCUT2D eigenvalue weighted by Crippen LogP contribution is -2.49. The topological polar surface area (TPSA) is 69.7 Å². The minimum Gasteiger partial charge on any atom is -0.347 e. The summed E-state index contributed by atoms with van der Waals surface area (Å²) in [5.74, 6) is -0.285. The molecule has 26 heavy (non-hydrogen) atoms. The summed E-state index contributed by atoms with van der Waals surface area (Å²) < 4.78 is 0. The molecule has 7 heteroatoms. The Hall–Kier alpha value is -1.89. The Bertz CT molecular complexity index is 680. The number of likely N-dealkylation sites (N-methyl/N-ethyl adjacent to an activating group) is 1. The van der Waals surface area contributed by atoms with Crippen molar-refractivity contribution in [1.29, 1.82) is 0 Å². The van der Waals surface area contributed by atoms with Crippen LogP contribution in [0.25, 0.3) is 0 Å². The monoisotopic (exact) mass is 377 g/mol. The second-order valence-electron chi connectivity index (χ2n) is 7.63. The first-order valence-electron chi connectivity index (χ1n) is 9.29. The molecule has 1 aliphatic carbocycles. The average molecular weight is 378 g/mol. The summed E-state index contributed by atoms with van der Waals surface area (Å²) >= 11 is 1.59. The quantitative estimate of drug-likeness (QED) is 0.802. The lowest BCUT2D eigenvalue weighted by molar-refractivity contribution is -0.137. The Morgan fingerprint density at radius 3 is 2.54 bits per heavy atom. The van der Waals surface area contributed by atoms with Crippen LogP contribution in [0.3, 0.4) is 0 Å². The third-order valence-corrected chi connectivity index (χ3v) is 6.57. The molecule has 142 valence electrons. The highest BCUT2D eigenvalue weighted by molar-refractivity contribution is 7.10. The zero-order valence-electron chi connectivity index (χ0n) is 15.7. The van der Waals surface area contributed by atoms with E-state index in [1.165, 1.54) is 0 Å². The maximum atomic E-state index is 13.0. The molecule has 1 aromatic heterocycles. The van der Waals surface area contributed by atoms with Gasteiger partial charge in [-0.05, 0) is 30.2 Å². The van der Waals surface area contributed by atoms with Gasteiger partial charge in [0.1, 0.15) is 12.1 Å². The highest BCUT2D eigenvalue weighted by Gasteiger charge is 2.55. The molecule has 1 aromatic rings. The standard InChI is InChI=1S/C19H27N3O3S/c1-13(2)16(14-8-7-11-26-14)20-15(23)12-22-17(24)19(21(3)18(22)25)9-5-4-6-10-19/h7-8,11,13,16H,4-6,9-10,12H2,1-3H3,(H,20,23)/t16-/m0/s1. The first kappa shape index (κ1) is 18.9. The molecular weight excluding hydrogens is 350 g/mol. The van der Waals surface area contributed by atoms with E-state index in [9.17, 15) is 14.4 Å². The summed E-state index contributed by atoms with van der Waals surface area (Å²) in [5, 5.41) is 4.98. The van der Waals surface area contributed by atoms with Gasteiger partial charge >= 0.3 is 6.03 Å². The van der Waals surface area contributed by atoms with Crippen molar-refractivity contribution in [3.05, 3.63) is 22.4 Å². The van der Waals surface area contributed by atoms with Crippen LogP contribution in [0.4, 0.5) is 4.79 Å². The van der Waals surface area contributed by atoms with Crippen molar-refractivity contribution < 1.29 is 14.4 Å². The fraction of sp³-hybridized carbons (Fsp3) is 0.632. The summed E-state index contributed by atoms with van der Waals surface area (Å²) in [6.45, 7) is 3.88. The molecular formula is C19H27N3O3S. The van der Waals surface area contributed by atoms with Crippen molar-refractivity contribution in [1.82, 2.24) is 15.1 Å². The van der Waals surface area contributed by atoms with E-state index in [1.54, 1.807) is 23.3 Å². The van der Waals surface area contributed by atoms with E-state index in [4.69, 9.17) is 0 Å². The van der Waals surface area contributed by atoms with Gasteiger partial charge in [-0.2, -0.15) is 0 Å². The maximum absolute atomic E-state index is 13.0. The Kier molecular flexibility index (Phi) is 5.37. The van der Waals surface area contributed by atoms with Crippen LogP contribution in [0.2, 0.25) is 0 Å². The van der Waals surface area contributed by atoms with Gasteiger partial charge in [0.25, 0.3) is 5.91 Å². The summed E-state index contributed by atoms with van der Waals surface area (Å²) in [7, 11) is 1.69. The number of nitrogens with one attached hydrogen (secondary N) is 1. The molecule has 1 spiro atoms. The van der Waals surface area contributed by atoms with E-state index in [1.807, 2.05) is 31.4 Å². The third-order valence-electron chi connectivity index (χ3n) is 5.62. The van der Waals surface area contributed by atoms with Crippen molar-refractivity contribution in [2.45, 2.75) is 57.5 Å². The van der Waals surface area contributed by atoms with E-state index in [2.05, 4.69) is 5.32 Å². The highest BCUT2D eigenvalue weighted by Crippen LogP contribution is 2.39. The minimum atomic E-state index is -0.735. The van der Waals surface area contributed by atoms with Crippen LogP contribution in [0.15, 0.2) is 17.5 Å². The van der Waals surface area contributed by atoms with Crippen molar-refractivity contribution in [2.75, 3.05) is 13.6 Å². The molecule has 4 amide bonds. The number of thiophene rings is 1. The lowest BCUT2D eigenvalue weighted by atomic mass is 9.81. The summed E-state index contributed by atoms with van der Waals surface area (Å²) in [6, 6.07) is 3.48. The van der Waals surface area contributed by atoms with E-state index in [0.717, 1.165) is 29.0 Å². The fourth-order valence-corrected chi connectivity index (χ4v) is 5.02. The molecule has 1 N–H and O–H groups in total. The van der Waals surface area contributed by atoms with Crippen molar-refractivity contribution in [2.24, 2.45) is 5.92 Å². The van der Waals surface area contributed by atoms with Crippen LogP contribution in [0, 0.1) is 5.92 Å². The number of amides is 4. The smallest absolute Gasteiger partial charge is 0.327 e. The second kappa shape index (κ2) is 7.39. The van der Waals surface area contributed by atoms with Crippen molar-refractivity contribution >= 4 is 29.2 Å². The maximum Gasteiger partial charge on any atom is 0.327 e. The van der Waals surface area contributed by atoms with E-state index in [-0.39, 0.29) is 36.3 Å². The number of carbonyl (C=O) groups is 3. The number of urea groups is 1. The number of hydrogen-bond donors (Lipinski definition) is 1. The van der Waals surface area contributed by atoms with Crippen LogP contribution < -0.4 is 5.32 Å². The first-order valence-corrected chi connectivity index (χ1v) is 10.2. The molecule has 0 bridgehead atoms. The van der Waals surface area contributed by atoms with Crippen molar-refractivity contribution in [3.63, 3.8) is 0 Å².